The molecule has 2 saturated heterocycles. The molecule has 6 heteroatoms. The fraction of sp³-hybridized carbons (Fsp3) is 0.714. The van der Waals surface area contributed by atoms with Crippen molar-refractivity contribution in [3.8, 4) is 11.5 Å². The summed E-state index contributed by atoms with van der Waals surface area (Å²) in [5, 5.41) is 0. The topological polar surface area (TPSA) is 31.4 Å². The number of hydrogen-bond donors (Lipinski definition) is 0. The van der Waals surface area contributed by atoms with Crippen LogP contribution in [0, 0.1) is 0 Å². The zero-order chi connectivity index (χ0) is 19.1. The van der Waals surface area contributed by atoms with Gasteiger partial charge >= 0.3 is 0 Å². The lowest BCUT2D eigenvalue weighted by atomic mass is 10.1. The number of nitrogens with zero attached hydrogens (tertiary/aromatic N) is 4. The Bertz CT molecular complexity index is 567. The number of ether oxygens (including phenoxy) is 2. The number of hydrogen-bond acceptors (Lipinski definition) is 6. The van der Waals surface area contributed by atoms with Crippen LogP contribution >= 0.6 is 0 Å². The zero-order valence-electron chi connectivity index (χ0n) is 17.3. The second kappa shape index (κ2) is 10.3. The highest BCUT2D eigenvalue weighted by Crippen LogP contribution is 2.28. The van der Waals surface area contributed by atoms with E-state index in [-0.39, 0.29) is 0 Å². The van der Waals surface area contributed by atoms with Crippen LogP contribution in [0.4, 0.5) is 0 Å². The van der Waals surface area contributed by atoms with E-state index < -0.39 is 0 Å². The number of methoxy groups -OCH3 is 1. The quantitative estimate of drug-likeness (QED) is 0.683. The maximum atomic E-state index is 6.03. The van der Waals surface area contributed by atoms with Crippen LogP contribution in [0.15, 0.2) is 18.2 Å². The van der Waals surface area contributed by atoms with Gasteiger partial charge in [-0.1, -0.05) is 13.0 Å². The minimum atomic E-state index is 0.707. The highest BCUT2D eigenvalue weighted by Gasteiger charge is 2.17. The molecule has 0 unspecified atom stereocenters. The average Bonchev–Trinajstić information content (AvgIpc) is 2.71. The Kier molecular flexibility index (Phi) is 7.76. The van der Waals surface area contributed by atoms with Crippen LogP contribution in [0.5, 0.6) is 11.5 Å². The highest BCUT2D eigenvalue weighted by molar-refractivity contribution is 5.43. The van der Waals surface area contributed by atoms with Gasteiger partial charge in [-0.25, -0.2) is 0 Å². The number of piperazine rings is 2. The molecule has 0 atom stereocenters. The summed E-state index contributed by atoms with van der Waals surface area (Å²) >= 11 is 0. The van der Waals surface area contributed by atoms with Gasteiger partial charge < -0.3 is 19.3 Å². The first-order valence-corrected chi connectivity index (χ1v) is 10.3. The van der Waals surface area contributed by atoms with Crippen molar-refractivity contribution in [1.29, 1.82) is 0 Å². The summed E-state index contributed by atoms with van der Waals surface area (Å²) in [5.41, 5.74) is 1.29. The summed E-state index contributed by atoms with van der Waals surface area (Å²) in [6, 6.07) is 6.39. The van der Waals surface area contributed by atoms with E-state index in [4.69, 9.17) is 9.47 Å². The van der Waals surface area contributed by atoms with Gasteiger partial charge in [0.2, 0.25) is 0 Å². The van der Waals surface area contributed by atoms with Gasteiger partial charge in [-0.05, 0) is 31.3 Å². The number of benzene rings is 1. The van der Waals surface area contributed by atoms with Crippen LogP contribution in [0.25, 0.3) is 0 Å². The van der Waals surface area contributed by atoms with Gasteiger partial charge in [0, 0.05) is 65.4 Å². The van der Waals surface area contributed by atoms with E-state index in [9.17, 15) is 0 Å². The molecule has 0 radical (unpaired) electrons. The average molecular weight is 377 g/mol. The molecule has 27 heavy (non-hydrogen) atoms. The first kappa shape index (κ1) is 20.4. The Morgan fingerprint density at radius 1 is 0.852 bits per heavy atom. The Morgan fingerprint density at radius 3 is 2.19 bits per heavy atom. The van der Waals surface area contributed by atoms with Gasteiger partial charge in [0.25, 0.3) is 0 Å². The van der Waals surface area contributed by atoms with Crippen molar-refractivity contribution in [2.45, 2.75) is 13.5 Å². The van der Waals surface area contributed by atoms with Crippen LogP contribution in [0.3, 0.4) is 0 Å². The van der Waals surface area contributed by atoms with E-state index in [0.717, 1.165) is 70.4 Å². The third-order valence-corrected chi connectivity index (χ3v) is 5.81. The Morgan fingerprint density at radius 2 is 1.52 bits per heavy atom. The number of likely N-dealkylation sites (N-methyl/N-ethyl adjacent to an activating group) is 2. The molecule has 152 valence electrons. The van der Waals surface area contributed by atoms with Gasteiger partial charge in [0.1, 0.15) is 6.61 Å². The predicted molar refractivity (Wildman–Crippen MR) is 110 cm³/mol. The van der Waals surface area contributed by atoms with Crippen molar-refractivity contribution >= 4 is 0 Å². The largest absolute Gasteiger partial charge is 0.493 e. The Balaban J connectivity index is 1.47. The van der Waals surface area contributed by atoms with Crippen molar-refractivity contribution in [1.82, 2.24) is 19.6 Å². The first-order valence-electron chi connectivity index (χ1n) is 10.3. The fourth-order valence-corrected chi connectivity index (χ4v) is 3.81. The maximum absolute atomic E-state index is 6.03. The van der Waals surface area contributed by atoms with Gasteiger partial charge in [-0.15, -0.1) is 0 Å². The SMILES string of the molecule is CCN1CCN(Cc2ccc(OCCN3CCN(C)CC3)c(OC)c2)CC1. The summed E-state index contributed by atoms with van der Waals surface area (Å²) in [6.07, 6.45) is 0. The van der Waals surface area contributed by atoms with Crippen molar-refractivity contribution in [3.63, 3.8) is 0 Å². The monoisotopic (exact) mass is 376 g/mol. The maximum Gasteiger partial charge on any atom is 0.161 e. The van der Waals surface area contributed by atoms with E-state index in [0.29, 0.717) is 6.61 Å². The second-order valence-corrected chi connectivity index (χ2v) is 7.69. The normalized spacial score (nSPS) is 20.7. The summed E-state index contributed by atoms with van der Waals surface area (Å²) in [5.74, 6) is 1.70. The lowest BCUT2D eigenvalue weighted by molar-refractivity contribution is 0.131. The summed E-state index contributed by atoms with van der Waals surface area (Å²) in [4.78, 5) is 9.88. The van der Waals surface area contributed by atoms with Gasteiger partial charge in [0.05, 0.1) is 7.11 Å². The standard InChI is InChI=1S/C21H36N4O2/c1-4-23-11-13-25(14-12-23)18-19-5-6-20(21(17-19)26-3)27-16-15-24-9-7-22(2)8-10-24/h5-6,17H,4,7-16,18H2,1-3H3. The van der Waals surface area contributed by atoms with Crippen LogP contribution in [0.2, 0.25) is 0 Å². The van der Waals surface area contributed by atoms with Crippen LogP contribution in [-0.4, -0.2) is 106 Å². The van der Waals surface area contributed by atoms with Gasteiger partial charge in [-0.2, -0.15) is 0 Å². The predicted octanol–water partition coefficient (Wildman–Crippen LogP) is 1.46. The zero-order valence-corrected chi connectivity index (χ0v) is 17.3. The highest BCUT2D eigenvalue weighted by atomic mass is 16.5. The third-order valence-electron chi connectivity index (χ3n) is 5.81. The molecule has 6 nitrogen and oxygen atoms in total. The molecule has 1 aromatic carbocycles. The molecule has 0 saturated carbocycles. The fourth-order valence-electron chi connectivity index (χ4n) is 3.81. The molecule has 2 aliphatic rings. The van der Waals surface area contributed by atoms with Gasteiger partial charge in [0.15, 0.2) is 11.5 Å². The lowest BCUT2D eigenvalue weighted by Gasteiger charge is -2.34. The molecule has 0 N–H and O–H groups in total. The first-order chi connectivity index (χ1) is 13.2. The van der Waals surface area contributed by atoms with E-state index in [1.807, 2.05) is 0 Å². The molecule has 0 amide bonds. The van der Waals surface area contributed by atoms with Crippen molar-refractivity contribution in [3.05, 3.63) is 23.8 Å². The molecule has 1 aromatic rings. The minimum Gasteiger partial charge on any atom is -0.493 e. The van der Waals surface area contributed by atoms with Crippen molar-refractivity contribution < 1.29 is 9.47 Å². The molecular weight excluding hydrogens is 340 g/mol. The van der Waals surface area contributed by atoms with Crippen LogP contribution in [-0.2, 0) is 6.54 Å². The molecule has 0 aliphatic carbocycles. The van der Waals surface area contributed by atoms with E-state index in [2.05, 4.69) is 51.8 Å². The molecule has 3 rings (SSSR count). The van der Waals surface area contributed by atoms with E-state index in [1.54, 1.807) is 7.11 Å². The van der Waals surface area contributed by atoms with Crippen LogP contribution < -0.4 is 9.47 Å². The third kappa shape index (κ3) is 6.07. The van der Waals surface area contributed by atoms with Crippen LogP contribution in [0.1, 0.15) is 12.5 Å². The van der Waals surface area contributed by atoms with Crippen molar-refractivity contribution in [2.75, 3.05) is 86.2 Å². The summed E-state index contributed by atoms with van der Waals surface area (Å²) in [7, 11) is 3.91. The van der Waals surface area contributed by atoms with Gasteiger partial charge in [-0.3, -0.25) is 9.80 Å². The smallest absolute Gasteiger partial charge is 0.161 e. The van der Waals surface area contributed by atoms with E-state index in [1.165, 1.54) is 18.7 Å². The molecule has 0 spiro atoms. The Hall–Kier alpha value is -1.34. The summed E-state index contributed by atoms with van der Waals surface area (Å²) < 4.78 is 11.6. The molecule has 2 heterocycles. The minimum absolute atomic E-state index is 0.707. The summed E-state index contributed by atoms with van der Waals surface area (Å²) in [6.45, 7) is 15.2. The van der Waals surface area contributed by atoms with Crippen molar-refractivity contribution in [2.24, 2.45) is 0 Å². The molecular formula is C21H36N4O2. The second-order valence-electron chi connectivity index (χ2n) is 7.69. The Labute approximate surface area is 164 Å². The van der Waals surface area contributed by atoms with E-state index >= 15 is 0 Å². The molecule has 2 aliphatic heterocycles. The lowest BCUT2D eigenvalue weighted by Crippen LogP contribution is -2.45. The number of rotatable bonds is 8. The molecule has 2 fully saturated rings. The molecule has 0 bridgehead atoms. The molecule has 0 aromatic heterocycles.